The molecule has 18 heavy (non-hydrogen) atoms. The molecule has 0 heterocycles. The van der Waals surface area contributed by atoms with Crippen LogP contribution in [0.1, 0.15) is 10.4 Å². The summed E-state index contributed by atoms with van der Waals surface area (Å²) in [7, 11) is 1.42. The number of nitrogens with zero attached hydrogens (tertiary/aromatic N) is 2. The quantitative estimate of drug-likeness (QED) is 0.369. The number of thioether (sulfide) groups is 1. The van der Waals surface area contributed by atoms with Gasteiger partial charge in [-0.05, 0) is 24.5 Å². The van der Waals surface area contributed by atoms with Crippen LogP contribution in [0.25, 0.3) is 0 Å². The number of carbonyl (C=O) groups excluding carboxylic acids is 1. The van der Waals surface area contributed by atoms with Gasteiger partial charge in [-0.1, -0.05) is 11.8 Å². The Hall–Kier alpha value is -2.07. The third kappa shape index (κ3) is 3.46. The molecule has 0 spiro atoms. The van der Waals surface area contributed by atoms with Crippen LogP contribution in [-0.4, -0.2) is 24.4 Å². The first-order valence-corrected chi connectivity index (χ1v) is 6.14. The van der Waals surface area contributed by atoms with E-state index in [1.807, 2.05) is 0 Å². The second kappa shape index (κ2) is 6.61. The molecule has 0 atom stereocenters. The average molecular weight is 266 g/mol. The summed E-state index contributed by atoms with van der Waals surface area (Å²) >= 11 is 1.24. The van der Waals surface area contributed by atoms with Crippen LogP contribution in [0.15, 0.2) is 23.2 Å². The Morgan fingerprint density at radius 3 is 2.83 bits per heavy atom. The minimum Gasteiger partial charge on any atom is -0.355 e. The Labute approximate surface area is 108 Å². The van der Waals surface area contributed by atoms with Crippen molar-refractivity contribution in [2.75, 3.05) is 13.3 Å². The molecule has 0 unspecified atom stereocenters. The molecule has 0 saturated heterocycles. The Morgan fingerprint density at radius 1 is 1.56 bits per heavy atom. The minimum absolute atomic E-state index is 0.0869. The van der Waals surface area contributed by atoms with Crippen LogP contribution in [0.5, 0.6) is 0 Å². The van der Waals surface area contributed by atoms with Crippen LogP contribution in [0.2, 0.25) is 0 Å². The smallest absolute Gasteiger partial charge is 0.254 e. The van der Waals surface area contributed by atoms with Crippen molar-refractivity contribution in [2.45, 2.75) is 0 Å². The van der Waals surface area contributed by atoms with Crippen molar-refractivity contribution in [3.05, 3.63) is 29.6 Å². The number of hydrogen-bond acceptors (Lipinski definition) is 4. The van der Waals surface area contributed by atoms with Crippen molar-refractivity contribution in [1.82, 2.24) is 10.6 Å². The molecule has 7 heteroatoms. The van der Waals surface area contributed by atoms with Gasteiger partial charge in [-0.25, -0.2) is 9.38 Å². The van der Waals surface area contributed by atoms with Crippen molar-refractivity contribution in [3.63, 3.8) is 0 Å². The molecule has 1 aromatic carbocycles. The Balaban J connectivity index is 3.12. The number of hydrogen-bond donors (Lipinski definition) is 2. The molecular formula is C11H11FN4OS. The fraction of sp³-hybridized carbons (Fsp3) is 0.182. The van der Waals surface area contributed by atoms with E-state index in [4.69, 9.17) is 5.26 Å². The number of aliphatic imine (C=N–C) groups is 1. The molecule has 0 aromatic heterocycles. The van der Waals surface area contributed by atoms with Crippen molar-refractivity contribution >= 4 is 28.5 Å². The number of halogens is 1. The van der Waals surface area contributed by atoms with Gasteiger partial charge in [0.1, 0.15) is 5.82 Å². The van der Waals surface area contributed by atoms with Gasteiger partial charge in [-0.15, -0.1) is 0 Å². The molecule has 0 aliphatic rings. The summed E-state index contributed by atoms with van der Waals surface area (Å²) in [6.07, 6.45) is 3.49. The predicted molar refractivity (Wildman–Crippen MR) is 69.1 cm³/mol. The molecule has 5 nitrogen and oxygen atoms in total. The molecule has 0 aliphatic carbocycles. The molecule has 0 fully saturated rings. The van der Waals surface area contributed by atoms with Gasteiger partial charge in [-0.3, -0.25) is 10.1 Å². The van der Waals surface area contributed by atoms with E-state index in [0.717, 1.165) is 6.07 Å². The molecular weight excluding hydrogens is 255 g/mol. The van der Waals surface area contributed by atoms with Crippen LogP contribution in [-0.2, 0) is 0 Å². The number of amides is 1. The molecule has 2 N–H and O–H groups in total. The highest BCUT2D eigenvalue weighted by Crippen LogP contribution is 2.18. The van der Waals surface area contributed by atoms with Gasteiger partial charge in [0.15, 0.2) is 11.4 Å². The zero-order valence-corrected chi connectivity index (χ0v) is 10.6. The summed E-state index contributed by atoms with van der Waals surface area (Å²) in [4.78, 5) is 15.5. The van der Waals surface area contributed by atoms with E-state index in [2.05, 4.69) is 15.6 Å². The lowest BCUT2D eigenvalue weighted by atomic mass is 10.2. The zero-order chi connectivity index (χ0) is 13.5. The number of amidine groups is 1. The number of nitriles is 1. The molecule has 1 rings (SSSR count). The second-order valence-electron chi connectivity index (χ2n) is 3.10. The SMILES string of the molecule is CNC(=O)c1cc(N=C(NC#N)SC)ccc1F. The van der Waals surface area contributed by atoms with E-state index in [1.54, 1.807) is 12.4 Å². The van der Waals surface area contributed by atoms with Crippen molar-refractivity contribution in [3.8, 4) is 6.19 Å². The summed E-state index contributed by atoms with van der Waals surface area (Å²) in [6, 6.07) is 3.91. The van der Waals surface area contributed by atoms with Gasteiger partial charge >= 0.3 is 0 Å². The van der Waals surface area contributed by atoms with Crippen molar-refractivity contribution in [1.29, 1.82) is 5.26 Å². The number of benzene rings is 1. The Kier molecular flexibility index (Phi) is 5.14. The van der Waals surface area contributed by atoms with E-state index < -0.39 is 11.7 Å². The molecule has 0 aliphatic heterocycles. The maximum atomic E-state index is 13.4. The summed E-state index contributed by atoms with van der Waals surface area (Å²) in [5.74, 6) is -1.14. The van der Waals surface area contributed by atoms with E-state index in [-0.39, 0.29) is 5.56 Å². The molecule has 0 bridgehead atoms. The molecule has 1 amide bonds. The Bertz CT molecular complexity index is 524. The maximum Gasteiger partial charge on any atom is 0.254 e. The molecule has 94 valence electrons. The van der Waals surface area contributed by atoms with Crippen LogP contribution in [0.3, 0.4) is 0 Å². The van der Waals surface area contributed by atoms with E-state index in [1.165, 1.54) is 30.9 Å². The first-order valence-electron chi connectivity index (χ1n) is 4.91. The second-order valence-corrected chi connectivity index (χ2v) is 3.90. The van der Waals surface area contributed by atoms with Crippen LogP contribution in [0.4, 0.5) is 10.1 Å². The largest absolute Gasteiger partial charge is 0.355 e. The van der Waals surface area contributed by atoms with Gasteiger partial charge in [0.2, 0.25) is 0 Å². The monoisotopic (exact) mass is 266 g/mol. The van der Waals surface area contributed by atoms with Gasteiger partial charge < -0.3 is 5.32 Å². The lowest BCUT2D eigenvalue weighted by Gasteiger charge is -2.04. The number of carbonyl (C=O) groups is 1. The normalized spacial score (nSPS) is 10.7. The summed E-state index contributed by atoms with van der Waals surface area (Å²) in [6.45, 7) is 0. The molecule has 1 aromatic rings. The van der Waals surface area contributed by atoms with Crippen LogP contribution in [0, 0.1) is 17.3 Å². The van der Waals surface area contributed by atoms with Gasteiger partial charge in [0, 0.05) is 7.05 Å². The fourth-order valence-electron chi connectivity index (χ4n) is 1.18. The fourth-order valence-corrected chi connectivity index (χ4v) is 1.53. The number of rotatable bonds is 2. The van der Waals surface area contributed by atoms with Gasteiger partial charge in [0.25, 0.3) is 5.91 Å². The van der Waals surface area contributed by atoms with E-state index >= 15 is 0 Å². The van der Waals surface area contributed by atoms with E-state index in [0.29, 0.717) is 10.9 Å². The van der Waals surface area contributed by atoms with Gasteiger partial charge in [0.05, 0.1) is 11.3 Å². The summed E-state index contributed by atoms with van der Waals surface area (Å²) in [5, 5.41) is 13.6. The molecule has 0 radical (unpaired) electrons. The number of nitrogens with one attached hydrogen (secondary N) is 2. The topological polar surface area (TPSA) is 77.3 Å². The molecule has 0 saturated carbocycles. The summed E-state index contributed by atoms with van der Waals surface area (Å²) in [5.41, 5.74) is 0.304. The zero-order valence-electron chi connectivity index (χ0n) is 9.82. The Morgan fingerprint density at radius 2 is 2.28 bits per heavy atom. The van der Waals surface area contributed by atoms with Crippen LogP contribution < -0.4 is 10.6 Å². The van der Waals surface area contributed by atoms with Crippen LogP contribution >= 0.6 is 11.8 Å². The highest BCUT2D eigenvalue weighted by Gasteiger charge is 2.10. The highest BCUT2D eigenvalue weighted by atomic mass is 32.2. The lowest BCUT2D eigenvalue weighted by molar-refractivity contribution is 0.0959. The summed E-state index contributed by atoms with van der Waals surface area (Å²) < 4.78 is 13.4. The maximum absolute atomic E-state index is 13.4. The third-order valence-corrected chi connectivity index (χ3v) is 2.59. The average Bonchev–Trinajstić information content (AvgIpc) is 2.39. The van der Waals surface area contributed by atoms with Crippen molar-refractivity contribution in [2.24, 2.45) is 4.99 Å². The first-order chi connectivity index (χ1) is 8.62. The first kappa shape index (κ1) is 14.0. The van der Waals surface area contributed by atoms with Crippen molar-refractivity contribution < 1.29 is 9.18 Å². The van der Waals surface area contributed by atoms with E-state index in [9.17, 15) is 9.18 Å². The standard InChI is InChI=1S/C11H11FN4OS/c1-14-10(17)8-5-7(3-4-9(8)12)16-11(18-2)15-6-13/h3-5H,1-2H3,(H,14,17)(H,15,16). The predicted octanol–water partition coefficient (Wildman–Crippen LogP) is 1.61. The highest BCUT2D eigenvalue weighted by molar-refractivity contribution is 8.13. The van der Waals surface area contributed by atoms with Gasteiger partial charge in [-0.2, -0.15) is 5.26 Å². The minimum atomic E-state index is -0.618. The lowest BCUT2D eigenvalue weighted by Crippen LogP contribution is -2.19. The third-order valence-electron chi connectivity index (χ3n) is 2.01.